The van der Waals surface area contributed by atoms with E-state index in [9.17, 15) is 0 Å². The molecule has 3 saturated carbocycles. The Balaban J connectivity index is 1.49. The SMILES string of the molecule is C=C1CCC2CC(C3(C)CCC(C)CC3CCn3cccn3)CCC12C. The Hall–Kier alpha value is -1.05. The molecule has 0 aromatic carbocycles. The van der Waals surface area contributed by atoms with Gasteiger partial charge in [0.1, 0.15) is 0 Å². The summed E-state index contributed by atoms with van der Waals surface area (Å²) in [7, 11) is 0. The summed E-state index contributed by atoms with van der Waals surface area (Å²) in [5.74, 6) is 3.57. The van der Waals surface area contributed by atoms with Crippen LogP contribution in [0.5, 0.6) is 0 Å². The normalized spacial score (nSPS) is 43.4. The molecule has 0 N–H and O–H groups in total. The van der Waals surface area contributed by atoms with Crippen LogP contribution in [-0.2, 0) is 6.54 Å². The smallest absolute Gasteiger partial charge is 0.0489 e. The molecule has 2 nitrogen and oxygen atoms in total. The first-order valence-electron chi connectivity index (χ1n) is 11.1. The van der Waals surface area contributed by atoms with Gasteiger partial charge in [-0.05, 0) is 91.9 Å². The topological polar surface area (TPSA) is 17.8 Å². The lowest BCUT2D eigenvalue weighted by atomic mass is 9.52. The molecular formula is C24H38N2. The van der Waals surface area contributed by atoms with Crippen LogP contribution in [0.1, 0.15) is 78.6 Å². The van der Waals surface area contributed by atoms with Crippen molar-refractivity contribution in [1.82, 2.24) is 9.78 Å². The summed E-state index contributed by atoms with van der Waals surface area (Å²) < 4.78 is 2.14. The van der Waals surface area contributed by atoms with Crippen LogP contribution in [0.15, 0.2) is 30.6 Å². The van der Waals surface area contributed by atoms with Crippen molar-refractivity contribution < 1.29 is 0 Å². The summed E-state index contributed by atoms with van der Waals surface area (Å²) in [4.78, 5) is 0. The summed E-state index contributed by atoms with van der Waals surface area (Å²) in [6.07, 6.45) is 16.6. The minimum atomic E-state index is 0.458. The van der Waals surface area contributed by atoms with Crippen molar-refractivity contribution in [2.24, 2.45) is 34.5 Å². The fraction of sp³-hybridized carbons (Fsp3) is 0.792. The lowest BCUT2D eigenvalue weighted by Gasteiger charge is -2.53. The van der Waals surface area contributed by atoms with Crippen molar-refractivity contribution >= 4 is 0 Å². The van der Waals surface area contributed by atoms with Crippen molar-refractivity contribution in [2.45, 2.75) is 85.1 Å². The Morgan fingerprint density at radius 3 is 2.77 bits per heavy atom. The van der Waals surface area contributed by atoms with Gasteiger partial charge in [-0.15, -0.1) is 0 Å². The van der Waals surface area contributed by atoms with Crippen molar-refractivity contribution in [1.29, 1.82) is 0 Å². The van der Waals surface area contributed by atoms with Gasteiger partial charge in [-0.1, -0.05) is 39.3 Å². The largest absolute Gasteiger partial charge is 0.273 e. The Morgan fingerprint density at radius 1 is 1.15 bits per heavy atom. The summed E-state index contributed by atoms with van der Waals surface area (Å²) in [6, 6.07) is 2.05. The number of fused-ring (bicyclic) bond motifs is 1. The monoisotopic (exact) mass is 354 g/mol. The Morgan fingerprint density at radius 2 is 2.00 bits per heavy atom. The zero-order valence-corrected chi connectivity index (χ0v) is 17.2. The maximum atomic E-state index is 4.45. The van der Waals surface area contributed by atoms with Crippen molar-refractivity contribution in [3.8, 4) is 0 Å². The Kier molecular flexibility index (Phi) is 4.82. The molecule has 1 aromatic rings. The second-order valence-corrected chi connectivity index (χ2v) is 10.4. The first kappa shape index (κ1) is 18.3. The van der Waals surface area contributed by atoms with Gasteiger partial charge in [-0.3, -0.25) is 4.68 Å². The predicted octanol–water partition coefficient (Wildman–Crippen LogP) is 6.49. The van der Waals surface area contributed by atoms with Gasteiger partial charge in [0, 0.05) is 18.9 Å². The van der Waals surface area contributed by atoms with E-state index in [0.717, 1.165) is 30.2 Å². The van der Waals surface area contributed by atoms with Crippen LogP contribution in [0.3, 0.4) is 0 Å². The van der Waals surface area contributed by atoms with E-state index in [1.165, 1.54) is 57.8 Å². The van der Waals surface area contributed by atoms with E-state index < -0.39 is 0 Å². The average Bonchev–Trinajstić information content (AvgIpc) is 3.24. The second kappa shape index (κ2) is 6.84. The maximum Gasteiger partial charge on any atom is 0.0489 e. The van der Waals surface area contributed by atoms with E-state index in [1.807, 2.05) is 6.20 Å². The molecule has 0 saturated heterocycles. The number of aromatic nitrogens is 2. The van der Waals surface area contributed by atoms with E-state index in [1.54, 1.807) is 5.57 Å². The highest BCUT2D eigenvalue weighted by atomic mass is 15.3. The molecule has 3 fully saturated rings. The molecule has 0 spiro atoms. The molecule has 0 radical (unpaired) electrons. The van der Waals surface area contributed by atoms with Crippen LogP contribution < -0.4 is 0 Å². The molecule has 0 bridgehead atoms. The maximum absolute atomic E-state index is 4.45. The van der Waals surface area contributed by atoms with Crippen molar-refractivity contribution in [3.05, 3.63) is 30.6 Å². The standard InChI is InChI=1S/C24H38N2/c1-18-8-11-24(4,22(16-18)10-15-26-14-5-13-25-26)21-9-12-23(3)19(2)6-7-20(23)17-21/h5,13-14,18,20-22H,2,6-12,15-17H2,1,3-4H3. The minimum absolute atomic E-state index is 0.458. The molecule has 6 atom stereocenters. The second-order valence-electron chi connectivity index (χ2n) is 10.4. The quantitative estimate of drug-likeness (QED) is 0.565. The summed E-state index contributed by atoms with van der Waals surface area (Å²) in [5, 5.41) is 4.45. The third kappa shape index (κ3) is 3.08. The van der Waals surface area contributed by atoms with Crippen LogP contribution >= 0.6 is 0 Å². The molecule has 26 heavy (non-hydrogen) atoms. The molecule has 4 rings (SSSR count). The van der Waals surface area contributed by atoms with Crippen LogP contribution in [0.4, 0.5) is 0 Å². The summed E-state index contributed by atoms with van der Waals surface area (Å²) in [6.45, 7) is 13.2. The molecule has 1 heterocycles. The van der Waals surface area contributed by atoms with Gasteiger partial charge in [0.15, 0.2) is 0 Å². The average molecular weight is 355 g/mol. The highest BCUT2D eigenvalue weighted by Gasteiger charge is 2.51. The summed E-state index contributed by atoms with van der Waals surface area (Å²) >= 11 is 0. The fourth-order valence-corrected chi connectivity index (χ4v) is 6.87. The van der Waals surface area contributed by atoms with E-state index >= 15 is 0 Å². The van der Waals surface area contributed by atoms with Gasteiger partial charge in [0.2, 0.25) is 0 Å². The Labute approximate surface area is 160 Å². The van der Waals surface area contributed by atoms with Crippen LogP contribution in [0.25, 0.3) is 0 Å². The van der Waals surface area contributed by atoms with Gasteiger partial charge in [0.05, 0.1) is 0 Å². The molecule has 1 aromatic heterocycles. The highest BCUT2D eigenvalue weighted by molar-refractivity contribution is 5.19. The molecular weight excluding hydrogens is 316 g/mol. The van der Waals surface area contributed by atoms with Crippen LogP contribution in [0, 0.1) is 34.5 Å². The molecule has 3 aliphatic rings. The first-order chi connectivity index (χ1) is 12.4. The lowest BCUT2D eigenvalue weighted by molar-refractivity contribution is -0.0293. The highest BCUT2D eigenvalue weighted by Crippen LogP contribution is 2.61. The molecule has 0 aliphatic heterocycles. The third-order valence-corrected chi connectivity index (χ3v) is 9.08. The van der Waals surface area contributed by atoms with E-state index in [4.69, 9.17) is 0 Å². The molecule has 2 heteroatoms. The van der Waals surface area contributed by atoms with Gasteiger partial charge in [-0.2, -0.15) is 5.10 Å². The van der Waals surface area contributed by atoms with E-state index in [0.29, 0.717) is 10.8 Å². The number of aryl methyl sites for hydroxylation is 1. The number of nitrogens with zero attached hydrogens (tertiary/aromatic N) is 2. The zero-order valence-electron chi connectivity index (χ0n) is 17.2. The molecule has 0 amide bonds. The molecule has 3 aliphatic carbocycles. The number of rotatable bonds is 4. The number of hydrogen-bond donors (Lipinski definition) is 0. The number of hydrogen-bond acceptors (Lipinski definition) is 1. The molecule has 144 valence electrons. The van der Waals surface area contributed by atoms with E-state index in [-0.39, 0.29) is 0 Å². The van der Waals surface area contributed by atoms with Gasteiger partial charge < -0.3 is 0 Å². The predicted molar refractivity (Wildman–Crippen MR) is 109 cm³/mol. The van der Waals surface area contributed by atoms with Gasteiger partial charge in [-0.25, -0.2) is 0 Å². The first-order valence-corrected chi connectivity index (χ1v) is 11.1. The zero-order chi connectivity index (χ0) is 18.4. The molecule has 6 unspecified atom stereocenters. The van der Waals surface area contributed by atoms with Crippen LogP contribution in [-0.4, -0.2) is 9.78 Å². The minimum Gasteiger partial charge on any atom is -0.273 e. The Bertz CT molecular complexity index is 633. The van der Waals surface area contributed by atoms with Crippen molar-refractivity contribution in [2.75, 3.05) is 0 Å². The third-order valence-electron chi connectivity index (χ3n) is 9.08. The van der Waals surface area contributed by atoms with Gasteiger partial charge >= 0.3 is 0 Å². The van der Waals surface area contributed by atoms with E-state index in [2.05, 4.69) is 49.4 Å². The van der Waals surface area contributed by atoms with Gasteiger partial charge in [0.25, 0.3) is 0 Å². The number of allylic oxidation sites excluding steroid dienone is 1. The fourth-order valence-electron chi connectivity index (χ4n) is 6.87. The summed E-state index contributed by atoms with van der Waals surface area (Å²) in [5.41, 5.74) is 2.54. The van der Waals surface area contributed by atoms with Crippen molar-refractivity contribution in [3.63, 3.8) is 0 Å². The lowest BCUT2D eigenvalue weighted by Crippen LogP contribution is -2.44. The van der Waals surface area contributed by atoms with Crippen LogP contribution in [0.2, 0.25) is 0 Å².